The molecule has 1 aliphatic rings. The minimum Gasteiger partial charge on any atom is -0.383 e. The van der Waals surface area contributed by atoms with E-state index in [9.17, 15) is 9.59 Å². The van der Waals surface area contributed by atoms with Crippen molar-refractivity contribution in [2.45, 2.75) is 38.6 Å². The molecule has 0 saturated heterocycles. The predicted molar refractivity (Wildman–Crippen MR) is 84.6 cm³/mol. The monoisotopic (exact) mass is 321 g/mol. The maximum atomic E-state index is 12.2. The van der Waals surface area contributed by atoms with Crippen LogP contribution < -0.4 is 16.0 Å². The quantitative estimate of drug-likeness (QED) is 0.539. The summed E-state index contributed by atoms with van der Waals surface area (Å²) in [6, 6.07) is -0.381. The maximum Gasteiger partial charge on any atom is 0.242 e. The standard InChI is InChI=1S/C14H27N3O3.ClH/c1-11(18)17-13(12-5-3-4-6-12)14(19)16-8-7-15-9-10-20-2;/h12-13,15H,3-10H2,1-2H3,(H,16,19)(H,17,18);1H. The third-order valence-electron chi connectivity index (χ3n) is 3.60. The summed E-state index contributed by atoms with van der Waals surface area (Å²) < 4.78 is 4.92. The van der Waals surface area contributed by atoms with Crippen molar-refractivity contribution in [2.24, 2.45) is 5.92 Å². The average Bonchev–Trinajstić information content (AvgIpc) is 2.93. The van der Waals surface area contributed by atoms with Crippen LogP contribution in [0.3, 0.4) is 0 Å². The first-order valence-corrected chi connectivity index (χ1v) is 7.39. The van der Waals surface area contributed by atoms with Crippen molar-refractivity contribution in [1.29, 1.82) is 0 Å². The van der Waals surface area contributed by atoms with Gasteiger partial charge in [0.15, 0.2) is 0 Å². The number of nitrogens with one attached hydrogen (secondary N) is 3. The number of methoxy groups -OCH3 is 1. The number of carbonyl (C=O) groups is 2. The van der Waals surface area contributed by atoms with Crippen molar-refractivity contribution in [2.75, 3.05) is 33.4 Å². The van der Waals surface area contributed by atoms with E-state index in [0.717, 1.165) is 32.2 Å². The summed E-state index contributed by atoms with van der Waals surface area (Å²) in [5.41, 5.74) is 0. The molecule has 1 unspecified atom stereocenters. The molecule has 0 heterocycles. The highest BCUT2D eigenvalue weighted by Crippen LogP contribution is 2.27. The van der Waals surface area contributed by atoms with Gasteiger partial charge in [0, 0.05) is 33.7 Å². The normalized spacial score (nSPS) is 16.1. The van der Waals surface area contributed by atoms with Gasteiger partial charge in [0.2, 0.25) is 11.8 Å². The van der Waals surface area contributed by atoms with E-state index >= 15 is 0 Å². The maximum absolute atomic E-state index is 12.2. The molecule has 1 aliphatic carbocycles. The summed E-state index contributed by atoms with van der Waals surface area (Å²) >= 11 is 0. The summed E-state index contributed by atoms with van der Waals surface area (Å²) in [5, 5.41) is 8.84. The Morgan fingerprint density at radius 3 is 2.43 bits per heavy atom. The summed E-state index contributed by atoms with van der Waals surface area (Å²) in [7, 11) is 1.66. The molecule has 1 atom stereocenters. The topological polar surface area (TPSA) is 79.5 Å². The Kier molecular flexibility index (Phi) is 11.3. The van der Waals surface area contributed by atoms with Gasteiger partial charge in [0.25, 0.3) is 0 Å². The first-order chi connectivity index (χ1) is 9.65. The van der Waals surface area contributed by atoms with E-state index in [1.807, 2.05) is 0 Å². The van der Waals surface area contributed by atoms with Crippen LogP contribution in [0.1, 0.15) is 32.6 Å². The fraction of sp³-hybridized carbons (Fsp3) is 0.857. The van der Waals surface area contributed by atoms with Gasteiger partial charge < -0.3 is 20.7 Å². The Balaban J connectivity index is 0.00000400. The van der Waals surface area contributed by atoms with Crippen molar-refractivity contribution < 1.29 is 14.3 Å². The number of hydrogen-bond acceptors (Lipinski definition) is 4. The zero-order valence-corrected chi connectivity index (χ0v) is 13.8. The van der Waals surface area contributed by atoms with Crippen molar-refractivity contribution in [3.63, 3.8) is 0 Å². The molecule has 1 rings (SSSR count). The molecule has 0 bridgehead atoms. The van der Waals surface area contributed by atoms with Gasteiger partial charge in [-0.25, -0.2) is 0 Å². The Bertz CT molecular complexity index is 310. The molecule has 7 heteroatoms. The smallest absolute Gasteiger partial charge is 0.242 e. The van der Waals surface area contributed by atoms with Gasteiger partial charge in [-0.15, -0.1) is 12.4 Å². The lowest BCUT2D eigenvalue weighted by Gasteiger charge is -2.23. The number of carbonyl (C=O) groups excluding carboxylic acids is 2. The Labute approximate surface area is 133 Å². The zero-order chi connectivity index (χ0) is 14.8. The van der Waals surface area contributed by atoms with Crippen LogP contribution in [-0.4, -0.2) is 51.2 Å². The summed E-state index contributed by atoms with van der Waals surface area (Å²) in [4.78, 5) is 23.4. The van der Waals surface area contributed by atoms with Crippen LogP contribution in [-0.2, 0) is 14.3 Å². The fourth-order valence-corrected chi connectivity index (χ4v) is 2.59. The highest BCUT2D eigenvalue weighted by Gasteiger charge is 2.30. The molecule has 0 aliphatic heterocycles. The lowest BCUT2D eigenvalue weighted by molar-refractivity contribution is -0.129. The van der Waals surface area contributed by atoms with Crippen LogP contribution in [0.2, 0.25) is 0 Å². The van der Waals surface area contributed by atoms with E-state index in [0.29, 0.717) is 19.7 Å². The van der Waals surface area contributed by atoms with Gasteiger partial charge >= 0.3 is 0 Å². The molecule has 0 aromatic carbocycles. The minimum atomic E-state index is -0.381. The molecule has 1 saturated carbocycles. The molecule has 21 heavy (non-hydrogen) atoms. The Morgan fingerprint density at radius 1 is 1.19 bits per heavy atom. The van der Waals surface area contributed by atoms with E-state index in [4.69, 9.17) is 4.74 Å². The molecule has 0 aromatic heterocycles. The van der Waals surface area contributed by atoms with Crippen molar-refractivity contribution in [3.05, 3.63) is 0 Å². The van der Waals surface area contributed by atoms with Crippen LogP contribution in [0.15, 0.2) is 0 Å². The summed E-state index contributed by atoms with van der Waals surface area (Å²) in [6.45, 7) is 4.15. The van der Waals surface area contributed by atoms with Gasteiger partial charge in [-0.1, -0.05) is 12.8 Å². The molecule has 2 amide bonds. The fourth-order valence-electron chi connectivity index (χ4n) is 2.59. The minimum absolute atomic E-state index is 0. The lowest BCUT2D eigenvalue weighted by atomic mass is 9.97. The largest absolute Gasteiger partial charge is 0.383 e. The second-order valence-electron chi connectivity index (χ2n) is 5.26. The number of halogens is 1. The molecular weight excluding hydrogens is 294 g/mol. The van der Waals surface area contributed by atoms with Crippen molar-refractivity contribution >= 4 is 24.2 Å². The Hall–Kier alpha value is -0.850. The third kappa shape index (κ3) is 8.24. The van der Waals surface area contributed by atoms with Gasteiger partial charge in [-0.05, 0) is 18.8 Å². The van der Waals surface area contributed by atoms with Gasteiger partial charge in [-0.3, -0.25) is 9.59 Å². The molecule has 3 N–H and O–H groups in total. The number of ether oxygens (including phenoxy) is 1. The molecule has 124 valence electrons. The van der Waals surface area contributed by atoms with Crippen LogP contribution in [0.25, 0.3) is 0 Å². The van der Waals surface area contributed by atoms with Crippen LogP contribution in [0.4, 0.5) is 0 Å². The summed E-state index contributed by atoms with van der Waals surface area (Å²) in [6.07, 6.45) is 4.33. The van der Waals surface area contributed by atoms with E-state index in [1.165, 1.54) is 6.92 Å². The number of amides is 2. The van der Waals surface area contributed by atoms with Gasteiger partial charge in [0.1, 0.15) is 6.04 Å². The van der Waals surface area contributed by atoms with E-state index in [1.54, 1.807) is 7.11 Å². The van der Waals surface area contributed by atoms with E-state index in [2.05, 4.69) is 16.0 Å². The van der Waals surface area contributed by atoms with Crippen LogP contribution >= 0.6 is 12.4 Å². The summed E-state index contributed by atoms with van der Waals surface area (Å²) in [5.74, 6) is 0.0660. The van der Waals surface area contributed by atoms with Crippen molar-refractivity contribution in [3.8, 4) is 0 Å². The first kappa shape index (κ1) is 20.1. The second kappa shape index (κ2) is 11.8. The molecule has 0 aromatic rings. The van der Waals surface area contributed by atoms with E-state index < -0.39 is 0 Å². The third-order valence-corrected chi connectivity index (χ3v) is 3.60. The average molecular weight is 322 g/mol. The van der Waals surface area contributed by atoms with Gasteiger partial charge in [-0.2, -0.15) is 0 Å². The highest BCUT2D eigenvalue weighted by atomic mass is 35.5. The highest BCUT2D eigenvalue weighted by molar-refractivity contribution is 5.87. The first-order valence-electron chi connectivity index (χ1n) is 7.39. The lowest BCUT2D eigenvalue weighted by Crippen LogP contribution is -2.50. The van der Waals surface area contributed by atoms with E-state index in [-0.39, 0.29) is 36.2 Å². The van der Waals surface area contributed by atoms with Crippen molar-refractivity contribution in [1.82, 2.24) is 16.0 Å². The molecule has 1 fully saturated rings. The Morgan fingerprint density at radius 2 is 1.86 bits per heavy atom. The van der Waals surface area contributed by atoms with Gasteiger partial charge in [0.05, 0.1) is 6.61 Å². The molecule has 6 nitrogen and oxygen atoms in total. The zero-order valence-electron chi connectivity index (χ0n) is 12.9. The predicted octanol–water partition coefficient (Wildman–Crippen LogP) is 0.455. The molecule has 0 radical (unpaired) electrons. The second-order valence-corrected chi connectivity index (χ2v) is 5.26. The van der Waals surface area contributed by atoms with Crippen LogP contribution in [0.5, 0.6) is 0 Å². The number of rotatable bonds is 9. The van der Waals surface area contributed by atoms with Crippen LogP contribution in [0, 0.1) is 5.92 Å². The molecular formula is C14H28ClN3O3. The SMILES string of the molecule is COCCNCCNC(=O)C(NC(C)=O)C1CCCC1.Cl. The molecule has 0 spiro atoms. The number of hydrogen-bond donors (Lipinski definition) is 3.